The molecular formula is C13H25NO2. The normalized spacial score (nSPS) is 22.2. The molecule has 1 fully saturated rings. The monoisotopic (exact) mass is 227 g/mol. The summed E-state index contributed by atoms with van der Waals surface area (Å²) >= 11 is 0. The Labute approximate surface area is 98.4 Å². The van der Waals surface area contributed by atoms with E-state index in [1.165, 1.54) is 32.1 Å². The Bertz CT molecular complexity index is 226. The van der Waals surface area contributed by atoms with Crippen molar-refractivity contribution in [2.24, 2.45) is 23.5 Å². The third-order valence-electron chi connectivity index (χ3n) is 4.00. The molecule has 0 bridgehead atoms. The van der Waals surface area contributed by atoms with Crippen LogP contribution >= 0.6 is 0 Å². The molecule has 0 aromatic rings. The van der Waals surface area contributed by atoms with Crippen molar-refractivity contribution in [3.05, 3.63) is 0 Å². The van der Waals surface area contributed by atoms with E-state index in [2.05, 4.69) is 6.92 Å². The third kappa shape index (κ3) is 4.12. The van der Waals surface area contributed by atoms with E-state index in [0.29, 0.717) is 5.92 Å². The Morgan fingerprint density at radius 3 is 2.50 bits per heavy atom. The first-order valence-corrected chi connectivity index (χ1v) is 6.49. The minimum absolute atomic E-state index is 0.200. The topological polar surface area (TPSA) is 63.3 Å². The average molecular weight is 227 g/mol. The summed E-state index contributed by atoms with van der Waals surface area (Å²) in [5, 5.41) is 8.85. The van der Waals surface area contributed by atoms with Crippen LogP contribution in [0.4, 0.5) is 0 Å². The SMILES string of the molecule is CC(C(=O)O)[C@@H](N)C[C@H](C)CCC1CCC1. The Kier molecular flexibility index (Phi) is 5.26. The van der Waals surface area contributed by atoms with E-state index in [1.54, 1.807) is 6.92 Å². The van der Waals surface area contributed by atoms with Gasteiger partial charge >= 0.3 is 5.97 Å². The van der Waals surface area contributed by atoms with Gasteiger partial charge in [-0.15, -0.1) is 0 Å². The lowest BCUT2D eigenvalue weighted by Crippen LogP contribution is -2.35. The van der Waals surface area contributed by atoms with Crippen molar-refractivity contribution >= 4 is 5.97 Å². The largest absolute Gasteiger partial charge is 0.481 e. The van der Waals surface area contributed by atoms with Crippen molar-refractivity contribution in [3.63, 3.8) is 0 Å². The smallest absolute Gasteiger partial charge is 0.307 e. The summed E-state index contributed by atoms with van der Waals surface area (Å²) in [5.41, 5.74) is 5.89. The van der Waals surface area contributed by atoms with E-state index in [4.69, 9.17) is 10.8 Å². The van der Waals surface area contributed by atoms with E-state index in [1.807, 2.05) is 0 Å². The van der Waals surface area contributed by atoms with Gasteiger partial charge in [-0.1, -0.05) is 46.0 Å². The number of nitrogens with two attached hydrogens (primary N) is 1. The van der Waals surface area contributed by atoms with Gasteiger partial charge in [0.1, 0.15) is 0 Å². The first-order chi connectivity index (χ1) is 7.50. The van der Waals surface area contributed by atoms with Gasteiger partial charge in [-0.25, -0.2) is 0 Å². The van der Waals surface area contributed by atoms with Crippen molar-refractivity contribution < 1.29 is 9.90 Å². The number of carbonyl (C=O) groups is 1. The highest BCUT2D eigenvalue weighted by Crippen LogP contribution is 2.32. The minimum atomic E-state index is -0.779. The molecule has 3 atom stereocenters. The highest BCUT2D eigenvalue weighted by molar-refractivity contribution is 5.70. The Balaban J connectivity index is 2.16. The number of rotatable bonds is 7. The molecule has 3 N–H and O–H groups in total. The van der Waals surface area contributed by atoms with Crippen molar-refractivity contribution in [1.82, 2.24) is 0 Å². The molecule has 1 unspecified atom stereocenters. The number of hydrogen-bond donors (Lipinski definition) is 2. The second kappa shape index (κ2) is 6.24. The van der Waals surface area contributed by atoms with Gasteiger partial charge in [-0.3, -0.25) is 4.79 Å². The molecule has 0 spiro atoms. The van der Waals surface area contributed by atoms with E-state index in [-0.39, 0.29) is 6.04 Å². The summed E-state index contributed by atoms with van der Waals surface area (Å²) in [7, 11) is 0. The molecule has 1 aliphatic carbocycles. The Morgan fingerprint density at radius 2 is 2.06 bits per heavy atom. The van der Waals surface area contributed by atoms with Crippen LogP contribution in [0, 0.1) is 17.8 Å². The molecule has 0 radical (unpaired) electrons. The van der Waals surface area contributed by atoms with Crippen LogP contribution in [0.15, 0.2) is 0 Å². The maximum Gasteiger partial charge on any atom is 0.307 e. The van der Waals surface area contributed by atoms with E-state index in [9.17, 15) is 4.79 Å². The first kappa shape index (κ1) is 13.5. The Morgan fingerprint density at radius 1 is 1.44 bits per heavy atom. The van der Waals surface area contributed by atoms with Crippen LogP contribution < -0.4 is 5.73 Å². The maximum atomic E-state index is 10.8. The molecule has 1 rings (SSSR count). The lowest BCUT2D eigenvalue weighted by Gasteiger charge is -2.27. The van der Waals surface area contributed by atoms with Crippen LogP contribution in [0.5, 0.6) is 0 Å². The minimum Gasteiger partial charge on any atom is -0.481 e. The molecular weight excluding hydrogens is 202 g/mol. The van der Waals surface area contributed by atoms with Crippen molar-refractivity contribution in [2.75, 3.05) is 0 Å². The van der Waals surface area contributed by atoms with Gasteiger partial charge in [-0.05, 0) is 18.3 Å². The zero-order valence-electron chi connectivity index (χ0n) is 10.5. The van der Waals surface area contributed by atoms with Crippen LogP contribution in [-0.4, -0.2) is 17.1 Å². The fraction of sp³-hybridized carbons (Fsp3) is 0.923. The van der Waals surface area contributed by atoms with E-state index < -0.39 is 11.9 Å². The summed E-state index contributed by atoms with van der Waals surface area (Å²) in [6.07, 6.45) is 7.52. The fourth-order valence-electron chi connectivity index (χ4n) is 2.27. The molecule has 1 aliphatic rings. The van der Waals surface area contributed by atoms with Crippen LogP contribution in [0.1, 0.15) is 52.4 Å². The predicted molar refractivity (Wildman–Crippen MR) is 65.1 cm³/mol. The second-order valence-electron chi connectivity index (χ2n) is 5.51. The zero-order valence-corrected chi connectivity index (χ0v) is 10.5. The second-order valence-corrected chi connectivity index (χ2v) is 5.51. The highest BCUT2D eigenvalue weighted by atomic mass is 16.4. The molecule has 0 amide bonds. The van der Waals surface area contributed by atoms with Crippen molar-refractivity contribution in [2.45, 2.75) is 58.4 Å². The van der Waals surface area contributed by atoms with Gasteiger partial charge in [0.15, 0.2) is 0 Å². The highest BCUT2D eigenvalue weighted by Gasteiger charge is 2.23. The molecule has 16 heavy (non-hydrogen) atoms. The molecule has 0 aromatic heterocycles. The Hall–Kier alpha value is -0.570. The quantitative estimate of drug-likeness (QED) is 0.702. The molecule has 0 aliphatic heterocycles. The lowest BCUT2D eigenvalue weighted by atomic mass is 9.79. The fourth-order valence-corrected chi connectivity index (χ4v) is 2.27. The zero-order chi connectivity index (χ0) is 12.1. The van der Waals surface area contributed by atoms with Gasteiger partial charge in [0, 0.05) is 6.04 Å². The average Bonchev–Trinajstić information content (AvgIpc) is 2.13. The summed E-state index contributed by atoms with van der Waals surface area (Å²) in [6.45, 7) is 3.89. The van der Waals surface area contributed by atoms with Crippen LogP contribution in [-0.2, 0) is 4.79 Å². The van der Waals surface area contributed by atoms with E-state index >= 15 is 0 Å². The molecule has 0 aromatic carbocycles. The van der Waals surface area contributed by atoms with Gasteiger partial charge in [-0.2, -0.15) is 0 Å². The van der Waals surface area contributed by atoms with Crippen molar-refractivity contribution in [1.29, 1.82) is 0 Å². The van der Waals surface area contributed by atoms with Gasteiger partial charge < -0.3 is 10.8 Å². The maximum absolute atomic E-state index is 10.8. The molecule has 0 heterocycles. The summed E-state index contributed by atoms with van der Waals surface area (Å²) < 4.78 is 0. The molecule has 3 nitrogen and oxygen atoms in total. The van der Waals surface area contributed by atoms with Gasteiger partial charge in [0.05, 0.1) is 5.92 Å². The number of carboxylic acid groups (broad SMARTS) is 1. The van der Waals surface area contributed by atoms with E-state index in [0.717, 1.165) is 12.3 Å². The van der Waals surface area contributed by atoms with Crippen LogP contribution in [0.3, 0.4) is 0 Å². The van der Waals surface area contributed by atoms with Crippen LogP contribution in [0.2, 0.25) is 0 Å². The molecule has 0 saturated heterocycles. The standard InChI is InChI=1S/C13H25NO2/c1-9(6-7-11-4-3-5-11)8-12(14)10(2)13(15)16/h9-12H,3-8,14H2,1-2H3,(H,15,16)/t9-,10?,12+/m1/s1. The van der Waals surface area contributed by atoms with Crippen LogP contribution in [0.25, 0.3) is 0 Å². The molecule has 94 valence electrons. The van der Waals surface area contributed by atoms with Gasteiger partial charge in [0.2, 0.25) is 0 Å². The van der Waals surface area contributed by atoms with Gasteiger partial charge in [0.25, 0.3) is 0 Å². The third-order valence-corrected chi connectivity index (χ3v) is 4.00. The molecule has 1 saturated carbocycles. The van der Waals surface area contributed by atoms with Crippen molar-refractivity contribution in [3.8, 4) is 0 Å². The summed E-state index contributed by atoms with van der Waals surface area (Å²) in [4.78, 5) is 10.8. The predicted octanol–water partition coefficient (Wildman–Crippen LogP) is 2.64. The lowest BCUT2D eigenvalue weighted by molar-refractivity contribution is -0.141. The number of carboxylic acids is 1. The summed E-state index contributed by atoms with van der Waals surface area (Å²) in [6, 6.07) is -0.200. The summed E-state index contributed by atoms with van der Waals surface area (Å²) in [5.74, 6) is 0.290. The molecule has 3 heteroatoms. The number of aliphatic carboxylic acids is 1. The first-order valence-electron chi connectivity index (χ1n) is 6.49. The number of hydrogen-bond acceptors (Lipinski definition) is 2.